The summed E-state index contributed by atoms with van der Waals surface area (Å²) >= 11 is 1.21. The van der Waals surface area contributed by atoms with E-state index >= 15 is 0 Å². The van der Waals surface area contributed by atoms with Crippen molar-refractivity contribution in [3.05, 3.63) is 84.4 Å². The lowest BCUT2D eigenvalue weighted by atomic mass is 10.2. The second-order valence-corrected chi connectivity index (χ2v) is 10.2. The van der Waals surface area contributed by atoms with Crippen LogP contribution in [0.25, 0.3) is 10.2 Å². The predicted octanol–water partition coefficient (Wildman–Crippen LogP) is 4.62. The number of hydrogen-bond donors (Lipinski definition) is 0. The van der Waals surface area contributed by atoms with Crippen LogP contribution in [0.5, 0.6) is 0 Å². The van der Waals surface area contributed by atoms with E-state index in [1.807, 2.05) is 6.07 Å². The van der Waals surface area contributed by atoms with Crippen LogP contribution >= 0.6 is 11.3 Å². The number of fused-ring (bicyclic) bond motifs is 1. The van der Waals surface area contributed by atoms with Crippen LogP contribution in [0.15, 0.2) is 77.8 Å². The third-order valence-corrected chi connectivity index (χ3v) is 7.70. The van der Waals surface area contributed by atoms with Crippen molar-refractivity contribution in [2.75, 3.05) is 10.7 Å². The highest BCUT2D eigenvalue weighted by atomic mass is 32.2. The third kappa shape index (κ3) is 5.00. The Labute approximate surface area is 189 Å². The molecule has 6 nitrogen and oxygen atoms in total. The standard InChI is InChI=1S/C23H20FN3O3S2/c24-19-11-6-12-20-22(19)26-23(31-20)27(16-17-8-4-5-14-25-17)21(28)13-7-15-32(29,30)18-9-2-1-3-10-18/h1-6,8-12,14H,7,13,15-16H2. The molecule has 2 aromatic heterocycles. The molecule has 4 rings (SSSR count). The predicted molar refractivity (Wildman–Crippen MR) is 123 cm³/mol. The van der Waals surface area contributed by atoms with E-state index in [1.165, 1.54) is 22.3 Å². The maximum absolute atomic E-state index is 14.1. The van der Waals surface area contributed by atoms with Crippen molar-refractivity contribution in [3.8, 4) is 0 Å². The Morgan fingerprint density at radius 1 is 1.00 bits per heavy atom. The number of hydrogen-bond acceptors (Lipinski definition) is 6. The molecule has 2 heterocycles. The monoisotopic (exact) mass is 469 g/mol. The summed E-state index contributed by atoms with van der Waals surface area (Å²) in [6.45, 7) is 0.159. The van der Waals surface area contributed by atoms with Crippen molar-refractivity contribution < 1.29 is 17.6 Å². The maximum Gasteiger partial charge on any atom is 0.229 e. The van der Waals surface area contributed by atoms with E-state index in [0.29, 0.717) is 15.5 Å². The average molecular weight is 470 g/mol. The largest absolute Gasteiger partial charge is 0.282 e. The molecule has 0 N–H and O–H groups in total. The number of nitrogens with zero attached hydrogens (tertiary/aromatic N) is 3. The molecule has 4 aromatic rings. The Morgan fingerprint density at radius 2 is 1.78 bits per heavy atom. The van der Waals surface area contributed by atoms with Crippen molar-refractivity contribution in [1.29, 1.82) is 0 Å². The quantitative estimate of drug-likeness (QED) is 0.376. The molecule has 0 aliphatic rings. The molecule has 0 spiro atoms. The van der Waals surface area contributed by atoms with Gasteiger partial charge in [0.1, 0.15) is 11.3 Å². The molecule has 32 heavy (non-hydrogen) atoms. The molecule has 0 unspecified atom stereocenters. The van der Waals surface area contributed by atoms with Gasteiger partial charge in [0.25, 0.3) is 0 Å². The van der Waals surface area contributed by atoms with Crippen molar-refractivity contribution in [1.82, 2.24) is 9.97 Å². The lowest BCUT2D eigenvalue weighted by Crippen LogP contribution is -2.30. The van der Waals surface area contributed by atoms with Crippen LogP contribution in [-0.2, 0) is 21.2 Å². The Balaban J connectivity index is 1.54. The number of thiazole rings is 1. The minimum Gasteiger partial charge on any atom is -0.282 e. The summed E-state index contributed by atoms with van der Waals surface area (Å²) in [7, 11) is -3.48. The van der Waals surface area contributed by atoms with Crippen LogP contribution in [0.4, 0.5) is 9.52 Å². The Hall–Kier alpha value is -3.17. The van der Waals surface area contributed by atoms with E-state index in [9.17, 15) is 17.6 Å². The van der Waals surface area contributed by atoms with Gasteiger partial charge >= 0.3 is 0 Å². The van der Waals surface area contributed by atoms with Gasteiger partial charge in [0, 0.05) is 12.6 Å². The molecule has 0 fully saturated rings. The highest BCUT2D eigenvalue weighted by Gasteiger charge is 2.22. The van der Waals surface area contributed by atoms with Crippen LogP contribution in [0, 0.1) is 5.82 Å². The van der Waals surface area contributed by atoms with Crippen LogP contribution in [-0.4, -0.2) is 30.0 Å². The highest BCUT2D eigenvalue weighted by molar-refractivity contribution is 7.91. The van der Waals surface area contributed by atoms with E-state index in [1.54, 1.807) is 60.8 Å². The van der Waals surface area contributed by atoms with Crippen molar-refractivity contribution in [2.24, 2.45) is 0 Å². The zero-order valence-electron chi connectivity index (χ0n) is 17.0. The van der Waals surface area contributed by atoms with Gasteiger partial charge in [-0.15, -0.1) is 0 Å². The fourth-order valence-electron chi connectivity index (χ4n) is 3.23. The summed E-state index contributed by atoms with van der Waals surface area (Å²) in [5.74, 6) is -0.892. The molecule has 2 aromatic carbocycles. The van der Waals surface area contributed by atoms with E-state index in [0.717, 1.165) is 0 Å². The van der Waals surface area contributed by atoms with Gasteiger partial charge in [0.05, 0.1) is 27.6 Å². The normalized spacial score (nSPS) is 11.5. The first-order chi connectivity index (χ1) is 15.4. The highest BCUT2D eigenvalue weighted by Crippen LogP contribution is 2.31. The summed E-state index contributed by atoms with van der Waals surface area (Å²) in [4.78, 5) is 23.4. The van der Waals surface area contributed by atoms with Crippen LogP contribution in [0.1, 0.15) is 18.5 Å². The summed E-state index contributed by atoms with van der Waals surface area (Å²) in [6.07, 6.45) is 1.80. The number of sulfone groups is 1. The molecule has 9 heteroatoms. The Morgan fingerprint density at radius 3 is 2.50 bits per heavy atom. The number of benzene rings is 2. The van der Waals surface area contributed by atoms with Gasteiger partial charge in [-0.05, 0) is 42.8 Å². The topological polar surface area (TPSA) is 80.2 Å². The molecule has 1 amide bonds. The first-order valence-corrected chi connectivity index (χ1v) is 12.4. The van der Waals surface area contributed by atoms with E-state index < -0.39 is 15.7 Å². The first-order valence-electron chi connectivity index (χ1n) is 9.97. The summed E-state index contributed by atoms with van der Waals surface area (Å²) < 4.78 is 39.8. The van der Waals surface area contributed by atoms with Gasteiger partial charge in [-0.3, -0.25) is 14.7 Å². The van der Waals surface area contributed by atoms with Crippen molar-refractivity contribution in [3.63, 3.8) is 0 Å². The van der Waals surface area contributed by atoms with Gasteiger partial charge in [0.15, 0.2) is 15.0 Å². The summed E-state index contributed by atoms with van der Waals surface area (Å²) in [5.41, 5.74) is 0.857. The smallest absolute Gasteiger partial charge is 0.229 e. The molecule has 0 atom stereocenters. The van der Waals surface area contributed by atoms with Gasteiger partial charge in [-0.1, -0.05) is 41.7 Å². The summed E-state index contributed by atoms with van der Waals surface area (Å²) in [6, 6.07) is 18.2. The molecular formula is C23H20FN3O3S2. The summed E-state index contributed by atoms with van der Waals surface area (Å²) in [5, 5.41) is 0.353. The molecule has 0 saturated carbocycles. The van der Waals surface area contributed by atoms with Crippen LogP contribution in [0.3, 0.4) is 0 Å². The minimum atomic E-state index is -3.48. The van der Waals surface area contributed by atoms with E-state index in [-0.39, 0.29) is 41.5 Å². The average Bonchev–Trinajstić information content (AvgIpc) is 3.24. The van der Waals surface area contributed by atoms with Crippen LogP contribution in [0.2, 0.25) is 0 Å². The second kappa shape index (κ2) is 9.54. The van der Waals surface area contributed by atoms with Crippen molar-refractivity contribution >= 4 is 42.4 Å². The number of carbonyl (C=O) groups is 1. The van der Waals surface area contributed by atoms with Gasteiger partial charge < -0.3 is 0 Å². The number of carbonyl (C=O) groups excluding carboxylic acids is 1. The number of anilines is 1. The number of pyridine rings is 1. The lowest BCUT2D eigenvalue weighted by molar-refractivity contribution is -0.118. The molecule has 0 saturated heterocycles. The number of rotatable bonds is 8. The van der Waals surface area contributed by atoms with Crippen LogP contribution < -0.4 is 4.90 Å². The molecule has 0 radical (unpaired) electrons. The number of amides is 1. The Bertz CT molecular complexity index is 1330. The van der Waals surface area contributed by atoms with Gasteiger partial charge in [0.2, 0.25) is 5.91 Å². The fraction of sp³-hybridized carbons (Fsp3) is 0.174. The molecule has 0 bridgehead atoms. The molecular weight excluding hydrogens is 449 g/mol. The molecule has 0 aliphatic carbocycles. The lowest BCUT2D eigenvalue weighted by Gasteiger charge is -2.19. The fourth-order valence-corrected chi connectivity index (χ4v) is 5.56. The maximum atomic E-state index is 14.1. The zero-order chi connectivity index (χ0) is 22.6. The van der Waals surface area contributed by atoms with Crippen molar-refractivity contribution in [2.45, 2.75) is 24.3 Å². The molecule has 164 valence electrons. The second-order valence-electron chi connectivity index (χ2n) is 7.12. The van der Waals surface area contributed by atoms with E-state index in [2.05, 4.69) is 9.97 Å². The first kappa shape index (κ1) is 22.0. The SMILES string of the molecule is O=C(CCCS(=O)(=O)c1ccccc1)N(Cc1ccccn1)c1nc2c(F)cccc2s1. The molecule has 0 aliphatic heterocycles. The minimum absolute atomic E-state index is 0.0112. The van der Waals surface area contributed by atoms with Gasteiger partial charge in [-0.2, -0.15) is 0 Å². The van der Waals surface area contributed by atoms with Gasteiger partial charge in [-0.25, -0.2) is 17.8 Å². The number of aromatic nitrogens is 2. The zero-order valence-corrected chi connectivity index (χ0v) is 18.7. The third-order valence-electron chi connectivity index (χ3n) is 4.84. The number of para-hydroxylation sites is 1. The Kier molecular flexibility index (Phi) is 6.57. The van der Waals surface area contributed by atoms with E-state index in [4.69, 9.17) is 0 Å². The number of halogens is 1.